The highest BCUT2D eigenvalue weighted by Crippen LogP contribution is 2.22. The SMILES string of the molecule is COCOc1ccc(C#N)c(Br)c1. The first-order valence-corrected chi connectivity index (χ1v) is 4.38. The summed E-state index contributed by atoms with van der Waals surface area (Å²) in [6.07, 6.45) is 0. The summed E-state index contributed by atoms with van der Waals surface area (Å²) in [5.41, 5.74) is 0.588. The average molecular weight is 242 g/mol. The molecule has 0 atom stereocenters. The van der Waals surface area contributed by atoms with E-state index in [1.807, 2.05) is 6.07 Å². The minimum Gasteiger partial charge on any atom is -0.468 e. The fraction of sp³-hybridized carbons (Fsp3) is 0.222. The minimum atomic E-state index is 0.207. The Labute approximate surface area is 85.0 Å². The van der Waals surface area contributed by atoms with Gasteiger partial charge < -0.3 is 9.47 Å². The van der Waals surface area contributed by atoms with Crippen LogP contribution in [0.5, 0.6) is 5.75 Å². The summed E-state index contributed by atoms with van der Waals surface area (Å²) in [5, 5.41) is 8.64. The summed E-state index contributed by atoms with van der Waals surface area (Å²) in [7, 11) is 1.55. The van der Waals surface area contributed by atoms with Gasteiger partial charge in [-0.1, -0.05) is 0 Å². The number of benzene rings is 1. The molecular formula is C9H8BrNO2. The number of rotatable bonds is 3. The minimum absolute atomic E-state index is 0.207. The van der Waals surface area contributed by atoms with Gasteiger partial charge in [-0.25, -0.2) is 0 Å². The van der Waals surface area contributed by atoms with Gasteiger partial charge >= 0.3 is 0 Å². The number of methoxy groups -OCH3 is 1. The number of ether oxygens (including phenoxy) is 2. The van der Waals surface area contributed by atoms with Crippen molar-refractivity contribution in [3.8, 4) is 11.8 Å². The van der Waals surface area contributed by atoms with Crippen LogP contribution < -0.4 is 4.74 Å². The second-order valence-electron chi connectivity index (χ2n) is 2.30. The molecule has 0 heterocycles. The van der Waals surface area contributed by atoms with Crippen LogP contribution in [0.4, 0.5) is 0 Å². The third-order valence-corrected chi connectivity index (χ3v) is 2.06. The maximum absolute atomic E-state index is 8.64. The van der Waals surface area contributed by atoms with Crippen molar-refractivity contribution in [2.24, 2.45) is 0 Å². The van der Waals surface area contributed by atoms with E-state index < -0.39 is 0 Å². The Morgan fingerprint density at radius 3 is 2.85 bits per heavy atom. The van der Waals surface area contributed by atoms with E-state index in [-0.39, 0.29) is 6.79 Å². The van der Waals surface area contributed by atoms with E-state index in [1.165, 1.54) is 0 Å². The van der Waals surface area contributed by atoms with E-state index in [1.54, 1.807) is 25.3 Å². The second kappa shape index (κ2) is 4.85. The Morgan fingerprint density at radius 2 is 2.31 bits per heavy atom. The first kappa shape index (κ1) is 10.0. The molecular weight excluding hydrogens is 234 g/mol. The Bertz CT molecular complexity index is 333. The lowest BCUT2D eigenvalue weighted by molar-refractivity contribution is 0.0511. The summed E-state index contributed by atoms with van der Waals surface area (Å²) >= 11 is 3.26. The van der Waals surface area contributed by atoms with Gasteiger partial charge in [0, 0.05) is 11.6 Å². The topological polar surface area (TPSA) is 42.2 Å². The van der Waals surface area contributed by atoms with Gasteiger partial charge in [0.25, 0.3) is 0 Å². The molecule has 0 saturated carbocycles. The molecule has 0 radical (unpaired) electrons. The molecule has 0 aromatic heterocycles. The van der Waals surface area contributed by atoms with Gasteiger partial charge in [-0.05, 0) is 34.1 Å². The molecule has 0 aliphatic carbocycles. The maximum Gasteiger partial charge on any atom is 0.188 e. The van der Waals surface area contributed by atoms with Crippen molar-refractivity contribution in [2.45, 2.75) is 0 Å². The Morgan fingerprint density at radius 1 is 1.54 bits per heavy atom. The summed E-state index contributed by atoms with van der Waals surface area (Å²) < 4.78 is 10.6. The van der Waals surface area contributed by atoms with Crippen molar-refractivity contribution in [3.05, 3.63) is 28.2 Å². The number of hydrogen-bond donors (Lipinski definition) is 0. The molecule has 0 aliphatic heterocycles. The predicted octanol–water partition coefficient (Wildman–Crippen LogP) is 2.30. The standard InChI is InChI=1S/C9H8BrNO2/c1-12-6-13-8-3-2-7(5-11)9(10)4-8/h2-4H,6H2,1H3. The first-order valence-electron chi connectivity index (χ1n) is 3.59. The van der Waals surface area contributed by atoms with Gasteiger partial charge in [-0.15, -0.1) is 0 Å². The van der Waals surface area contributed by atoms with Crippen molar-refractivity contribution in [1.82, 2.24) is 0 Å². The molecule has 0 spiro atoms. The third-order valence-electron chi connectivity index (χ3n) is 1.40. The van der Waals surface area contributed by atoms with E-state index in [0.717, 1.165) is 4.47 Å². The molecule has 0 amide bonds. The zero-order valence-electron chi connectivity index (χ0n) is 7.08. The monoisotopic (exact) mass is 241 g/mol. The highest BCUT2D eigenvalue weighted by molar-refractivity contribution is 9.10. The molecule has 1 rings (SSSR count). The fourth-order valence-corrected chi connectivity index (χ4v) is 1.25. The highest BCUT2D eigenvalue weighted by atomic mass is 79.9. The number of halogens is 1. The largest absolute Gasteiger partial charge is 0.468 e. The summed E-state index contributed by atoms with van der Waals surface area (Å²) in [6, 6.07) is 7.19. The zero-order valence-corrected chi connectivity index (χ0v) is 8.67. The molecule has 68 valence electrons. The van der Waals surface area contributed by atoms with Crippen molar-refractivity contribution < 1.29 is 9.47 Å². The lowest BCUT2D eigenvalue weighted by atomic mass is 10.2. The van der Waals surface area contributed by atoms with Crippen LogP contribution in [0.25, 0.3) is 0 Å². The summed E-state index contributed by atoms with van der Waals surface area (Å²) in [5.74, 6) is 0.674. The smallest absolute Gasteiger partial charge is 0.188 e. The first-order chi connectivity index (χ1) is 6.27. The second-order valence-corrected chi connectivity index (χ2v) is 3.16. The Hall–Kier alpha value is -1.05. The van der Waals surface area contributed by atoms with E-state index in [0.29, 0.717) is 11.3 Å². The highest BCUT2D eigenvalue weighted by Gasteiger charge is 2.00. The van der Waals surface area contributed by atoms with Crippen molar-refractivity contribution >= 4 is 15.9 Å². The van der Waals surface area contributed by atoms with Crippen LogP contribution in [0.15, 0.2) is 22.7 Å². The molecule has 13 heavy (non-hydrogen) atoms. The van der Waals surface area contributed by atoms with E-state index in [4.69, 9.17) is 14.7 Å². The van der Waals surface area contributed by atoms with Gasteiger partial charge in [-0.3, -0.25) is 0 Å². The average Bonchev–Trinajstić information content (AvgIpc) is 2.15. The summed E-state index contributed by atoms with van der Waals surface area (Å²) in [6.45, 7) is 0.207. The quantitative estimate of drug-likeness (QED) is 0.763. The molecule has 0 aliphatic rings. The molecule has 3 nitrogen and oxygen atoms in total. The van der Waals surface area contributed by atoms with Crippen LogP contribution in [0, 0.1) is 11.3 Å². The van der Waals surface area contributed by atoms with Crippen LogP contribution >= 0.6 is 15.9 Å². The van der Waals surface area contributed by atoms with E-state index >= 15 is 0 Å². The molecule has 1 aromatic carbocycles. The van der Waals surface area contributed by atoms with Gasteiger partial charge in [0.05, 0.1) is 5.56 Å². The van der Waals surface area contributed by atoms with Crippen LogP contribution in [0.2, 0.25) is 0 Å². The maximum atomic E-state index is 8.64. The van der Waals surface area contributed by atoms with E-state index in [2.05, 4.69) is 15.9 Å². The molecule has 1 aromatic rings. The lowest BCUT2D eigenvalue weighted by Crippen LogP contribution is -1.98. The Kier molecular flexibility index (Phi) is 3.74. The van der Waals surface area contributed by atoms with Crippen LogP contribution in [-0.2, 0) is 4.74 Å². The van der Waals surface area contributed by atoms with E-state index in [9.17, 15) is 0 Å². The van der Waals surface area contributed by atoms with Crippen LogP contribution in [0.3, 0.4) is 0 Å². The number of nitrogens with zero attached hydrogens (tertiary/aromatic N) is 1. The normalized spacial score (nSPS) is 9.31. The van der Waals surface area contributed by atoms with Gasteiger partial charge in [-0.2, -0.15) is 5.26 Å². The zero-order chi connectivity index (χ0) is 9.68. The van der Waals surface area contributed by atoms with Gasteiger partial charge in [0.2, 0.25) is 0 Å². The van der Waals surface area contributed by atoms with Gasteiger partial charge in [0.1, 0.15) is 11.8 Å². The molecule has 0 fully saturated rings. The lowest BCUT2D eigenvalue weighted by Gasteiger charge is -2.04. The molecule has 0 N–H and O–H groups in total. The molecule has 0 saturated heterocycles. The van der Waals surface area contributed by atoms with Crippen LogP contribution in [0.1, 0.15) is 5.56 Å². The Balaban J connectivity index is 2.79. The van der Waals surface area contributed by atoms with Crippen molar-refractivity contribution in [2.75, 3.05) is 13.9 Å². The fourth-order valence-electron chi connectivity index (χ4n) is 0.803. The molecule has 4 heteroatoms. The third kappa shape index (κ3) is 2.72. The van der Waals surface area contributed by atoms with Crippen molar-refractivity contribution in [1.29, 1.82) is 5.26 Å². The molecule has 0 unspecified atom stereocenters. The summed E-state index contributed by atoms with van der Waals surface area (Å²) in [4.78, 5) is 0. The van der Waals surface area contributed by atoms with Gasteiger partial charge in [0.15, 0.2) is 6.79 Å². The number of nitriles is 1. The predicted molar refractivity (Wildman–Crippen MR) is 51.4 cm³/mol. The van der Waals surface area contributed by atoms with Crippen molar-refractivity contribution in [3.63, 3.8) is 0 Å². The number of hydrogen-bond acceptors (Lipinski definition) is 3. The molecule has 0 bridgehead atoms. The van der Waals surface area contributed by atoms with Crippen LogP contribution in [-0.4, -0.2) is 13.9 Å².